The van der Waals surface area contributed by atoms with Gasteiger partial charge >= 0.3 is 0 Å². The molecule has 5 heteroatoms. The summed E-state index contributed by atoms with van der Waals surface area (Å²) in [7, 11) is 0. The Labute approximate surface area is 163 Å². The van der Waals surface area contributed by atoms with E-state index in [0.29, 0.717) is 5.92 Å². The molecule has 0 spiro atoms. The molecule has 0 saturated heterocycles. The van der Waals surface area contributed by atoms with Crippen molar-refractivity contribution in [2.75, 3.05) is 5.32 Å². The summed E-state index contributed by atoms with van der Waals surface area (Å²) in [5.41, 5.74) is 4.62. The van der Waals surface area contributed by atoms with Gasteiger partial charge in [0, 0.05) is 34.8 Å². The molecular formula is C23H23N3O2. The molecule has 0 bridgehead atoms. The quantitative estimate of drug-likeness (QED) is 0.702. The summed E-state index contributed by atoms with van der Waals surface area (Å²) in [5, 5.41) is 4.23. The van der Waals surface area contributed by atoms with Crippen molar-refractivity contribution in [2.45, 2.75) is 44.4 Å². The molecule has 1 amide bonds. The first kappa shape index (κ1) is 17.2. The Kier molecular flexibility index (Phi) is 4.23. The normalized spacial score (nSPS) is 17.1. The van der Waals surface area contributed by atoms with Gasteiger partial charge in [-0.1, -0.05) is 18.9 Å². The minimum atomic E-state index is -0.121. The highest BCUT2D eigenvalue weighted by Crippen LogP contribution is 2.44. The molecule has 142 valence electrons. The van der Waals surface area contributed by atoms with Crippen LogP contribution in [0.1, 0.15) is 50.0 Å². The van der Waals surface area contributed by atoms with Crippen molar-refractivity contribution >= 4 is 22.5 Å². The number of carbonyl (C=O) groups excluding carboxylic acids is 1. The fourth-order valence-corrected chi connectivity index (χ4v) is 4.22. The number of anilines is 1. The number of rotatable bonds is 4. The minimum absolute atomic E-state index is 0.121. The summed E-state index contributed by atoms with van der Waals surface area (Å²) in [6.45, 7) is 0. The van der Waals surface area contributed by atoms with Crippen molar-refractivity contribution in [1.29, 1.82) is 0 Å². The maximum atomic E-state index is 12.5. The number of carbonyl (C=O) groups is 1. The number of H-pyrrole nitrogens is 1. The summed E-state index contributed by atoms with van der Waals surface area (Å²) in [5.74, 6) is 0.833. The number of nitrogens with one attached hydrogen (secondary N) is 2. The van der Waals surface area contributed by atoms with Crippen LogP contribution in [-0.2, 0) is 4.79 Å². The first-order valence-corrected chi connectivity index (χ1v) is 10.1. The Hall–Kier alpha value is -2.95. The van der Waals surface area contributed by atoms with E-state index in [9.17, 15) is 9.59 Å². The lowest BCUT2D eigenvalue weighted by atomic mass is 10.0. The van der Waals surface area contributed by atoms with Crippen LogP contribution in [0, 0.1) is 5.92 Å². The Morgan fingerprint density at radius 3 is 2.57 bits per heavy atom. The van der Waals surface area contributed by atoms with Gasteiger partial charge in [0.05, 0.1) is 11.2 Å². The SMILES string of the molecule is O=C(Nc1ccc2c(C3CC3)cc(-c3ccc(=O)[nH]c3)nc2c1)C1CCCC1. The molecule has 0 radical (unpaired) electrons. The Morgan fingerprint density at radius 2 is 1.86 bits per heavy atom. The number of hydrogen-bond acceptors (Lipinski definition) is 3. The van der Waals surface area contributed by atoms with Gasteiger partial charge < -0.3 is 10.3 Å². The first-order chi connectivity index (χ1) is 13.7. The molecule has 2 aliphatic rings. The van der Waals surface area contributed by atoms with Crippen molar-refractivity contribution in [3.05, 3.63) is 58.5 Å². The molecule has 5 nitrogen and oxygen atoms in total. The van der Waals surface area contributed by atoms with Crippen molar-refractivity contribution in [3.8, 4) is 11.3 Å². The van der Waals surface area contributed by atoms with E-state index >= 15 is 0 Å². The summed E-state index contributed by atoms with van der Waals surface area (Å²) in [6, 6.07) is 11.5. The van der Waals surface area contributed by atoms with E-state index in [0.717, 1.165) is 53.5 Å². The number of aromatic amines is 1. The zero-order valence-electron chi connectivity index (χ0n) is 15.7. The van der Waals surface area contributed by atoms with Crippen molar-refractivity contribution in [3.63, 3.8) is 0 Å². The lowest BCUT2D eigenvalue weighted by Crippen LogP contribution is -2.20. The van der Waals surface area contributed by atoms with E-state index in [4.69, 9.17) is 4.98 Å². The van der Waals surface area contributed by atoms with Crippen molar-refractivity contribution in [1.82, 2.24) is 9.97 Å². The first-order valence-electron chi connectivity index (χ1n) is 10.1. The van der Waals surface area contributed by atoms with Crippen LogP contribution in [0.4, 0.5) is 5.69 Å². The molecule has 3 aromatic rings. The summed E-state index contributed by atoms with van der Waals surface area (Å²) < 4.78 is 0. The van der Waals surface area contributed by atoms with Gasteiger partial charge in [-0.3, -0.25) is 9.59 Å². The third kappa shape index (κ3) is 3.33. The monoisotopic (exact) mass is 373 g/mol. The Morgan fingerprint density at radius 1 is 1.04 bits per heavy atom. The fraction of sp³-hybridized carbons (Fsp3) is 0.348. The van der Waals surface area contributed by atoms with Gasteiger partial charge in [-0.15, -0.1) is 0 Å². The van der Waals surface area contributed by atoms with E-state index in [-0.39, 0.29) is 17.4 Å². The molecule has 2 fully saturated rings. The lowest BCUT2D eigenvalue weighted by Gasteiger charge is -2.13. The van der Waals surface area contributed by atoms with Crippen LogP contribution < -0.4 is 10.9 Å². The van der Waals surface area contributed by atoms with Gasteiger partial charge in [0.15, 0.2) is 0 Å². The number of nitrogens with zero attached hydrogens (tertiary/aromatic N) is 1. The summed E-state index contributed by atoms with van der Waals surface area (Å²) in [4.78, 5) is 31.4. The third-order valence-corrected chi connectivity index (χ3v) is 5.93. The van der Waals surface area contributed by atoms with Crippen LogP contribution in [0.3, 0.4) is 0 Å². The molecule has 0 unspecified atom stereocenters. The highest BCUT2D eigenvalue weighted by Gasteiger charge is 2.27. The van der Waals surface area contributed by atoms with Crippen LogP contribution in [0.25, 0.3) is 22.2 Å². The largest absolute Gasteiger partial charge is 0.328 e. The van der Waals surface area contributed by atoms with Crippen LogP contribution in [0.15, 0.2) is 47.4 Å². The predicted octanol–water partition coefficient (Wildman–Crippen LogP) is 4.60. The van der Waals surface area contributed by atoms with Gasteiger partial charge in [-0.05, 0) is 61.4 Å². The van der Waals surface area contributed by atoms with Gasteiger partial charge in [-0.25, -0.2) is 4.98 Å². The van der Waals surface area contributed by atoms with E-state index in [2.05, 4.69) is 22.4 Å². The summed E-state index contributed by atoms with van der Waals surface area (Å²) in [6.07, 6.45) is 8.36. The standard InChI is InChI=1S/C23H23N3O2/c27-22-10-7-16(13-24-22)20-12-19(14-5-6-14)18-9-8-17(11-21(18)26-20)25-23(28)15-3-1-2-4-15/h7-15H,1-6H2,(H,24,27)(H,25,28). The second kappa shape index (κ2) is 6.89. The van der Waals surface area contributed by atoms with E-state index in [1.54, 1.807) is 12.3 Å². The molecule has 5 rings (SSSR count). The average Bonchev–Trinajstić information content (AvgIpc) is 3.40. The van der Waals surface area contributed by atoms with E-state index < -0.39 is 0 Å². The number of pyridine rings is 2. The number of aromatic nitrogens is 2. The number of amides is 1. The van der Waals surface area contributed by atoms with Gasteiger partial charge in [0.2, 0.25) is 11.5 Å². The zero-order valence-corrected chi connectivity index (χ0v) is 15.7. The zero-order chi connectivity index (χ0) is 19.1. The highest BCUT2D eigenvalue weighted by atomic mass is 16.2. The molecule has 2 heterocycles. The van der Waals surface area contributed by atoms with E-state index in [1.807, 2.05) is 12.1 Å². The molecule has 0 atom stereocenters. The van der Waals surface area contributed by atoms with Crippen molar-refractivity contribution < 1.29 is 4.79 Å². The molecule has 28 heavy (non-hydrogen) atoms. The predicted molar refractivity (Wildman–Crippen MR) is 110 cm³/mol. The van der Waals surface area contributed by atoms with Gasteiger partial charge in [0.1, 0.15) is 0 Å². The second-order valence-electron chi connectivity index (χ2n) is 8.02. The third-order valence-electron chi connectivity index (χ3n) is 5.93. The molecule has 2 aliphatic carbocycles. The average molecular weight is 373 g/mol. The number of fused-ring (bicyclic) bond motifs is 1. The summed E-state index contributed by atoms with van der Waals surface area (Å²) >= 11 is 0. The maximum Gasteiger partial charge on any atom is 0.247 e. The lowest BCUT2D eigenvalue weighted by molar-refractivity contribution is -0.119. The molecule has 2 aromatic heterocycles. The molecule has 2 saturated carbocycles. The van der Waals surface area contributed by atoms with Gasteiger partial charge in [-0.2, -0.15) is 0 Å². The highest BCUT2D eigenvalue weighted by molar-refractivity contribution is 5.96. The van der Waals surface area contributed by atoms with Crippen LogP contribution in [-0.4, -0.2) is 15.9 Å². The fourth-order valence-electron chi connectivity index (χ4n) is 4.22. The Balaban J connectivity index is 1.54. The van der Waals surface area contributed by atoms with Crippen molar-refractivity contribution in [2.24, 2.45) is 5.92 Å². The molecular weight excluding hydrogens is 350 g/mol. The molecule has 2 N–H and O–H groups in total. The van der Waals surface area contributed by atoms with Crippen LogP contribution in [0.2, 0.25) is 0 Å². The topological polar surface area (TPSA) is 74.8 Å². The van der Waals surface area contributed by atoms with E-state index in [1.165, 1.54) is 24.5 Å². The van der Waals surface area contributed by atoms with Crippen LogP contribution in [0.5, 0.6) is 0 Å². The second-order valence-corrected chi connectivity index (χ2v) is 8.02. The maximum absolute atomic E-state index is 12.5. The van der Waals surface area contributed by atoms with Crippen LogP contribution >= 0.6 is 0 Å². The smallest absolute Gasteiger partial charge is 0.247 e. The molecule has 1 aromatic carbocycles. The minimum Gasteiger partial charge on any atom is -0.328 e. The van der Waals surface area contributed by atoms with Gasteiger partial charge in [0.25, 0.3) is 0 Å². The molecule has 0 aliphatic heterocycles. The number of benzene rings is 1. The Bertz CT molecular complexity index is 1090. The number of hydrogen-bond donors (Lipinski definition) is 2.